The Morgan fingerprint density at radius 3 is 2.43 bits per heavy atom. The van der Waals surface area contributed by atoms with Crippen LogP contribution in [0.4, 0.5) is 5.82 Å². The third-order valence-electron chi connectivity index (χ3n) is 4.47. The van der Waals surface area contributed by atoms with Crippen LogP contribution in [-0.2, 0) is 14.8 Å². The molecule has 37 heavy (non-hydrogen) atoms. The van der Waals surface area contributed by atoms with E-state index in [2.05, 4.69) is 40.4 Å². The summed E-state index contributed by atoms with van der Waals surface area (Å²) in [6.07, 6.45) is 4.04. The molecule has 0 radical (unpaired) electrons. The lowest BCUT2D eigenvalue weighted by Gasteiger charge is -2.11. The van der Waals surface area contributed by atoms with Crippen molar-refractivity contribution in [3.63, 3.8) is 0 Å². The first-order chi connectivity index (χ1) is 17.8. The molecular formula is C20H18N10O6S. The number of fused-ring (bicyclic) bond motifs is 2. The van der Waals surface area contributed by atoms with Gasteiger partial charge in [-0.05, 0) is 25.1 Å². The van der Waals surface area contributed by atoms with Gasteiger partial charge in [-0.25, -0.2) is 32.5 Å². The van der Waals surface area contributed by atoms with Gasteiger partial charge in [0.25, 0.3) is 21.6 Å². The molecule has 0 fully saturated rings. The van der Waals surface area contributed by atoms with Crippen LogP contribution in [0, 0.1) is 0 Å². The summed E-state index contributed by atoms with van der Waals surface area (Å²) in [7, 11) is -3.81. The smallest absolute Gasteiger partial charge is 0.357 e. The van der Waals surface area contributed by atoms with Gasteiger partial charge in [-0.1, -0.05) is 18.2 Å². The fraction of sp³-hybridized carbons (Fsp3) is 0.100. The third kappa shape index (κ3) is 5.80. The second-order valence-electron chi connectivity index (χ2n) is 6.89. The van der Waals surface area contributed by atoms with E-state index in [0.717, 1.165) is 0 Å². The Morgan fingerprint density at radius 2 is 1.70 bits per heavy atom. The quantitative estimate of drug-likeness (QED) is 0.194. The SMILES string of the molecule is CCOC(=O)c1cc(NNS(=O)(=O)c2ccccc2)n2ncnc2n1.O=C(O)c1ccn2ncnc2n1. The number of aromatic nitrogens is 8. The van der Waals surface area contributed by atoms with Crippen LogP contribution in [0.1, 0.15) is 27.9 Å². The van der Waals surface area contributed by atoms with Gasteiger partial charge in [0.1, 0.15) is 18.5 Å². The van der Waals surface area contributed by atoms with E-state index < -0.39 is 22.0 Å². The molecule has 0 aliphatic carbocycles. The number of hydrogen-bond donors (Lipinski definition) is 3. The number of carboxylic acid groups (broad SMARTS) is 1. The molecule has 3 N–H and O–H groups in total. The standard InChI is InChI=1S/C14H14N6O4S.C6H4N4O2/c1-2-24-13(21)11-8-12(20-14(17-11)15-9-16-20)18-19-25(22,23)10-6-4-3-5-7-10;11-5(12)4-1-2-10-6(9-4)7-3-8-10/h3-9,18-19H,2H2,1H3;1-3H,(H,11,12). The second-order valence-corrected chi connectivity index (χ2v) is 8.57. The summed E-state index contributed by atoms with van der Waals surface area (Å²) in [5.74, 6) is -1.16. The van der Waals surface area contributed by atoms with E-state index in [1.807, 2.05) is 0 Å². The van der Waals surface area contributed by atoms with Crippen molar-refractivity contribution in [2.45, 2.75) is 11.8 Å². The number of hydrazine groups is 1. The van der Waals surface area contributed by atoms with Gasteiger partial charge in [0.15, 0.2) is 11.4 Å². The number of nitrogens with one attached hydrogen (secondary N) is 2. The van der Waals surface area contributed by atoms with Gasteiger partial charge in [-0.3, -0.25) is 5.43 Å². The molecule has 4 aromatic heterocycles. The van der Waals surface area contributed by atoms with Crippen LogP contribution < -0.4 is 10.3 Å². The lowest BCUT2D eigenvalue weighted by molar-refractivity contribution is 0.0519. The predicted octanol–water partition coefficient (Wildman–Crippen LogP) is 0.429. The number of hydrogen-bond acceptors (Lipinski definition) is 12. The second kappa shape index (κ2) is 10.7. The zero-order chi connectivity index (χ0) is 26.4. The maximum atomic E-state index is 12.3. The van der Waals surface area contributed by atoms with Crippen molar-refractivity contribution in [1.82, 2.24) is 44.0 Å². The maximum Gasteiger partial charge on any atom is 0.357 e. The molecule has 0 saturated carbocycles. The summed E-state index contributed by atoms with van der Waals surface area (Å²) < 4.78 is 32.1. The number of esters is 1. The van der Waals surface area contributed by atoms with Crippen LogP contribution in [0.3, 0.4) is 0 Å². The summed E-state index contributed by atoms with van der Waals surface area (Å²) in [4.78, 5) is 40.0. The zero-order valence-corrected chi connectivity index (χ0v) is 19.8. The van der Waals surface area contributed by atoms with Gasteiger partial charge in [0, 0.05) is 12.3 Å². The zero-order valence-electron chi connectivity index (χ0n) is 19.0. The minimum Gasteiger partial charge on any atom is -0.477 e. The van der Waals surface area contributed by atoms with Crippen LogP contribution in [0.2, 0.25) is 0 Å². The normalized spacial score (nSPS) is 11.1. The number of ether oxygens (including phenoxy) is 1. The van der Waals surface area contributed by atoms with Crippen molar-refractivity contribution in [3.05, 3.63) is 72.7 Å². The molecule has 17 heteroatoms. The summed E-state index contributed by atoms with van der Waals surface area (Å²) in [6.45, 7) is 1.85. The van der Waals surface area contributed by atoms with Crippen molar-refractivity contribution in [2.24, 2.45) is 0 Å². The van der Waals surface area contributed by atoms with Gasteiger partial charge in [0.05, 0.1) is 11.5 Å². The molecule has 0 bridgehead atoms. The monoisotopic (exact) mass is 526 g/mol. The number of benzene rings is 1. The number of rotatable bonds is 7. The van der Waals surface area contributed by atoms with E-state index in [1.54, 1.807) is 25.1 Å². The number of carboxylic acids is 1. The summed E-state index contributed by atoms with van der Waals surface area (Å²) in [5, 5.41) is 16.3. The Morgan fingerprint density at radius 1 is 1.00 bits per heavy atom. The molecule has 5 aromatic rings. The van der Waals surface area contributed by atoms with Crippen LogP contribution in [0.25, 0.3) is 11.6 Å². The fourth-order valence-electron chi connectivity index (χ4n) is 2.82. The molecule has 0 spiro atoms. The van der Waals surface area contributed by atoms with Crippen LogP contribution in [-0.4, -0.2) is 71.2 Å². The van der Waals surface area contributed by atoms with Gasteiger partial charge in [0.2, 0.25) is 0 Å². The molecule has 0 aliphatic rings. The molecular weight excluding hydrogens is 508 g/mol. The highest BCUT2D eigenvalue weighted by atomic mass is 32.2. The van der Waals surface area contributed by atoms with Crippen molar-refractivity contribution in [2.75, 3.05) is 12.0 Å². The van der Waals surface area contributed by atoms with Gasteiger partial charge < -0.3 is 9.84 Å². The highest BCUT2D eigenvalue weighted by molar-refractivity contribution is 7.89. The topological polar surface area (TPSA) is 208 Å². The van der Waals surface area contributed by atoms with Crippen molar-refractivity contribution < 1.29 is 27.9 Å². The molecule has 1 aromatic carbocycles. The Balaban J connectivity index is 0.000000222. The first-order valence-corrected chi connectivity index (χ1v) is 11.9. The molecule has 5 rings (SSSR count). The summed E-state index contributed by atoms with van der Waals surface area (Å²) in [6, 6.07) is 10.5. The number of carbonyl (C=O) groups excluding carboxylic acids is 1. The molecule has 0 amide bonds. The molecule has 0 aliphatic heterocycles. The molecule has 0 saturated heterocycles. The number of anilines is 1. The van der Waals surface area contributed by atoms with Gasteiger partial charge in [-0.2, -0.15) is 24.7 Å². The average Bonchev–Trinajstić information content (AvgIpc) is 3.57. The lowest BCUT2D eigenvalue weighted by atomic mass is 10.4. The molecule has 16 nitrogen and oxygen atoms in total. The Labute approximate surface area is 208 Å². The summed E-state index contributed by atoms with van der Waals surface area (Å²) in [5.41, 5.74) is 2.47. The van der Waals surface area contributed by atoms with E-state index in [-0.39, 0.29) is 40.3 Å². The predicted molar refractivity (Wildman–Crippen MR) is 125 cm³/mol. The fourth-order valence-corrected chi connectivity index (χ4v) is 3.70. The van der Waals surface area contributed by atoms with E-state index in [0.29, 0.717) is 0 Å². The van der Waals surface area contributed by atoms with Crippen molar-refractivity contribution in [1.29, 1.82) is 0 Å². The molecule has 0 atom stereocenters. The van der Waals surface area contributed by atoms with E-state index in [9.17, 15) is 18.0 Å². The molecule has 4 heterocycles. The highest BCUT2D eigenvalue weighted by Gasteiger charge is 2.17. The Kier molecular flexibility index (Phi) is 7.26. The Bertz CT molecular complexity index is 1670. The first kappa shape index (κ1) is 25.1. The molecule has 0 unspecified atom stereocenters. The first-order valence-electron chi connectivity index (χ1n) is 10.4. The van der Waals surface area contributed by atoms with Crippen LogP contribution >= 0.6 is 0 Å². The van der Waals surface area contributed by atoms with Crippen molar-refractivity contribution in [3.8, 4) is 0 Å². The third-order valence-corrected chi connectivity index (χ3v) is 5.73. The molecule has 190 valence electrons. The van der Waals surface area contributed by atoms with E-state index in [1.165, 1.54) is 52.1 Å². The highest BCUT2D eigenvalue weighted by Crippen LogP contribution is 2.13. The Hall–Kier alpha value is -5.03. The van der Waals surface area contributed by atoms with Gasteiger partial charge in [-0.15, -0.1) is 4.83 Å². The van der Waals surface area contributed by atoms with E-state index in [4.69, 9.17) is 9.84 Å². The van der Waals surface area contributed by atoms with E-state index >= 15 is 0 Å². The van der Waals surface area contributed by atoms with Crippen LogP contribution in [0.15, 0.2) is 66.2 Å². The van der Waals surface area contributed by atoms with Crippen LogP contribution in [0.5, 0.6) is 0 Å². The number of sulfonamides is 1. The number of carbonyl (C=O) groups is 2. The number of aromatic carboxylic acids is 1. The minimum atomic E-state index is -3.81. The maximum absolute atomic E-state index is 12.3. The van der Waals surface area contributed by atoms with Gasteiger partial charge >= 0.3 is 11.9 Å². The lowest BCUT2D eigenvalue weighted by Crippen LogP contribution is -2.31. The minimum absolute atomic E-state index is 0.0243. The van der Waals surface area contributed by atoms with Crippen molar-refractivity contribution >= 4 is 39.3 Å². The average molecular weight is 526 g/mol. The summed E-state index contributed by atoms with van der Waals surface area (Å²) >= 11 is 0. The number of nitrogens with zero attached hydrogens (tertiary/aromatic N) is 8. The largest absolute Gasteiger partial charge is 0.477 e.